The minimum Gasteiger partial charge on any atom is -0.481 e. The van der Waals surface area contributed by atoms with Crippen molar-refractivity contribution in [2.24, 2.45) is 0 Å². The number of hydrogen-bond donors (Lipinski definition) is 0. The zero-order valence-corrected chi connectivity index (χ0v) is 11.5. The summed E-state index contributed by atoms with van der Waals surface area (Å²) in [5.41, 5.74) is 0.469. The average Bonchev–Trinajstić information content (AvgIpc) is 2.87. The van der Waals surface area contributed by atoms with Crippen molar-refractivity contribution in [3.63, 3.8) is 0 Å². The van der Waals surface area contributed by atoms with Gasteiger partial charge in [-0.05, 0) is 6.26 Å². The fourth-order valence-electron chi connectivity index (χ4n) is 1.25. The lowest BCUT2D eigenvalue weighted by atomic mass is 10.3. The Morgan fingerprint density at radius 1 is 1.21 bits per heavy atom. The van der Waals surface area contributed by atoms with Crippen LogP contribution < -0.4 is 4.74 Å². The number of nitrogens with zero attached hydrogens (tertiary/aromatic N) is 3. The Morgan fingerprint density at radius 3 is 2.47 bits per heavy atom. The van der Waals surface area contributed by atoms with E-state index in [0.29, 0.717) is 22.2 Å². The molecule has 0 aliphatic heterocycles. The summed E-state index contributed by atoms with van der Waals surface area (Å²) in [4.78, 5) is 11.7. The van der Waals surface area contributed by atoms with Gasteiger partial charge in [-0.1, -0.05) is 11.8 Å². The van der Waals surface area contributed by atoms with Gasteiger partial charge in [0.25, 0.3) is 0 Å². The van der Waals surface area contributed by atoms with Gasteiger partial charge in [0.1, 0.15) is 5.69 Å². The van der Waals surface area contributed by atoms with Crippen molar-refractivity contribution in [3.05, 3.63) is 16.5 Å². The Bertz CT molecular complexity index is 563. The normalized spacial score (nSPS) is 11.6. The Kier molecular flexibility index (Phi) is 3.95. The van der Waals surface area contributed by atoms with E-state index in [1.807, 2.05) is 0 Å². The first kappa shape index (κ1) is 14.1. The second-order valence-electron chi connectivity index (χ2n) is 3.32. The molecular formula is C10H8F3N3OS2. The molecule has 2 rings (SSSR count). The summed E-state index contributed by atoms with van der Waals surface area (Å²) >= 11 is 1.80. The zero-order chi connectivity index (χ0) is 14.0. The van der Waals surface area contributed by atoms with Gasteiger partial charge >= 0.3 is 6.18 Å². The van der Waals surface area contributed by atoms with E-state index in [1.54, 1.807) is 6.26 Å². The SMILES string of the molecule is COc1cc(-c2csc(C(F)(F)F)n2)nc(SC)n1. The first-order valence-electron chi connectivity index (χ1n) is 4.94. The smallest absolute Gasteiger partial charge is 0.443 e. The van der Waals surface area contributed by atoms with Crippen molar-refractivity contribution in [3.8, 4) is 17.3 Å². The highest BCUT2D eigenvalue weighted by atomic mass is 32.2. The Hall–Kier alpha value is -1.35. The number of ether oxygens (including phenoxy) is 1. The number of thioether (sulfide) groups is 1. The summed E-state index contributed by atoms with van der Waals surface area (Å²) < 4.78 is 42.5. The van der Waals surface area contributed by atoms with Crippen molar-refractivity contribution < 1.29 is 17.9 Å². The number of methoxy groups -OCH3 is 1. The summed E-state index contributed by atoms with van der Waals surface area (Å²) in [6, 6.07) is 1.45. The van der Waals surface area contributed by atoms with Gasteiger partial charge in [0.05, 0.1) is 12.8 Å². The van der Waals surface area contributed by atoms with Crippen LogP contribution in [0.15, 0.2) is 16.6 Å². The first-order valence-corrected chi connectivity index (χ1v) is 7.04. The molecule has 0 amide bonds. The minimum atomic E-state index is -4.44. The molecule has 0 aliphatic carbocycles. The summed E-state index contributed by atoms with van der Waals surface area (Å²) in [5.74, 6) is 0.288. The highest BCUT2D eigenvalue weighted by Crippen LogP contribution is 2.34. The lowest BCUT2D eigenvalue weighted by Gasteiger charge is -2.04. The average molecular weight is 307 g/mol. The van der Waals surface area contributed by atoms with E-state index >= 15 is 0 Å². The molecule has 0 aromatic carbocycles. The second kappa shape index (κ2) is 5.33. The molecule has 2 aromatic rings. The van der Waals surface area contributed by atoms with Crippen molar-refractivity contribution in [1.29, 1.82) is 0 Å². The maximum atomic E-state index is 12.5. The van der Waals surface area contributed by atoms with Gasteiger partial charge in [0, 0.05) is 11.4 Å². The molecule has 2 heterocycles. The molecule has 0 saturated carbocycles. The molecule has 0 atom stereocenters. The molecule has 0 unspecified atom stereocenters. The number of hydrogen-bond acceptors (Lipinski definition) is 6. The lowest BCUT2D eigenvalue weighted by Crippen LogP contribution is -2.04. The third kappa shape index (κ3) is 3.16. The number of alkyl halides is 3. The van der Waals surface area contributed by atoms with Crippen LogP contribution in [0.5, 0.6) is 5.88 Å². The minimum absolute atomic E-state index is 0.160. The molecule has 0 fully saturated rings. The van der Waals surface area contributed by atoms with Gasteiger partial charge in [-0.2, -0.15) is 18.2 Å². The number of thiazole rings is 1. The molecule has 0 bridgehead atoms. The lowest BCUT2D eigenvalue weighted by molar-refractivity contribution is -0.137. The molecule has 9 heteroatoms. The van der Waals surface area contributed by atoms with Gasteiger partial charge in [-0.15, -0.1) is 11.3 Å². The monoisotopic (exact) mass is 307 g/mol. The van der Waals surface area contributed by atoms with E-state index in [1.165, 1.54) is 30.3 Å². The third-order valence-corrected chi connectivity index (χ3v) is 3.52. The molecule has 2 aromatic heterocycles. The third-order valence-electron chi connectivity index (χ3n) is 2.08. The van der Waals surface area contributed by atoms with Gasteiger partial charge in [0.2, 0.25) is 5.88 Å². The predicted octanol–water partition coefficient (Wildman–Crippen LogP) is 3.35. The Labute approximate surface area is 115 Å². The summed E-state index contributed by atoms with van der Waals surface area (Å²) in [5, 5.41) is 0.830. The molecular weight excluding hydrogens is 299 g/mol. The van der Waals surface area contributed by atoms with Crippen LogP contribution in [0.4, 0.5) is 13.2 Å². The topological polar surface area (TPSA) is 47.9 Å². The quantitative estimate of drug-likeness (QED) is 0.643. The predicted molar refractivity (Wildman–Crippen MR) is 66.5 cm³/mol. The van der Waals surface area contributed by atoms with Crippen LogP contribution in [0, 0.1) is 0 Å². The van der Waals surface area contributed by atoms with Crippen LogP contribution in [-0.2, 0) is 6.18 Å². The Balaban J connectivity index is 2.43. The van der Waals surface area contributed by atoms with Crippen LogP contribution in [0.3, 0.4) is 0 Å². The first-order chi connectivity index (χ1) is 8.94. The maximum Gasteiger partial charge on any atom is 0.443 e. The Morgan fingerprint density at radius 2 is 1.95 bits per heavy atom. The van der Waals surface area contributed by atoms with E-state index in [-0.39, 0.29) is 11.6 Å². The van der Waals surface area contributed by atoms with Gasteiger partial charge < -0.3 is 4.74 Å². The molecule has 0 spiro atoms. The largest absolute Gasteiger partial charge is 0.481 e. The van der Waals surface area contributed by atoms with Crippen LogP contribution in [0.1, 0.15) is 5.01 Å². The zero-order valence-electron chi connectivity index (χ0n) is 9.85. The van der Waals surface area contributed by atoms with E-state index in [9.17, 15) is 13.2 Å². The van der Waals surface area contributed by atoms with Gasteiger partial charge in [-0.3, -0.25) is 0 Å². The number of halogens is 3. The van der Waals surface area contributed by atoms with Crippen molar-refractivity contribution in [2.75, 3.05) is 13.4 Å². The van der Waals surface area contributed by atoms with Crippen LogP contribution >= 0.6 is 23.1 Å². The van der Waals surface area contributed by atoms with Gasteiger partial charge in [-0.25, -0.2) is 9.97 Å². The van der Waals surface area contributed by atoms with Crippen LogP contribution in [-0.4, -0.2) is 28.3 Å². The number of aromatic nitrogens is 3. The molecule has 4 nitrogen and oxygen atoms in total. The fraction of sp³-hybridized carbons (Fsp3) is 0.300. The van der Waals surface area contributed by atoms with E-state index in [4.69, 9.17) is 4.74 Å². The highest BCUT2D eigenvalue weighted by Gasteiger charge is 2.34. The van der Waals surface area contributed by atoms with Crippen molar-refractivity contribution in [2.45, 2.75) is 11.3 Å². The molecule has 0 N–H and O–H groups in total. The van der Waals surface area contributed by atoms with Crippen LogP contribution in [0.25, 0.3) is 11.4 Å². The summed E-state index contributed by atoms with van der Waals surface area (Å²) in [7, 11) is 1.43. The van der Waals surface area contributed by atoms with Gasteiger partial charge in [0.15, 0.2) is 10.2 Å². The van der Waals surface area contributed by atoms with E-state index in [0.717, 1.165) is 0 Å². The fourth-order valence-corrected chi connectivity index (χ4v) is 2.30. The van der Waals surface area contributed by atoms with Crippen molar-refractivity contribution >= 4 is 23.1 Å². The van der Waals surface area contributed by atoms with Crippen molar-refractivity contribution in [1.82, 2.24) is 15.0 Å². The number of rotatable bonds is 3. The second-order valence-corrected chi connectivity index (χ2v) is 4.95. The summed E-state index contributed by atoms with van der Waals surface area (Å²) in [6.07, 6.45) is -2.68. The van der Waals surface area contributed by atoms with E-state index in [2.05, 4.69) is 15.0 Å². The molecule has 0 aliphatic rings. The standard InChI is InChI=1S/C10H8F3N3OS2/c1-17-7-3-5(15-9(16-7)18-2)6-4-19-8(14-6)10(11,12)13/h3-4H,1-2H3. The maximum absolute atomic E-state index is 12.5. The summed E-state index contributed by atoms with van der Waals surface area (Å²) in [6.45, 7) is 0. The molecule has 0 saturated heterocycles. The van der Waals surface area contributed by atoms with Crippen LogP contribution in [0.2, 0.25) is 0 Å². The highest BCUT2D eigenvalue weighted by molar-refractivity contribution is 7.98. The molecule has 19 heavy (non-hydrogen) atoms. The molecule has 0 radical (unpaired) electrons. The molecule has 102 valence electrons. The van der Waals surface area contributed by atoms with E-state index < -0.39 is 11.2 Å².